The fourth-order valence-corrected chi connectivity index (χ4v) is 6.45. The van der Waals surface area contributed by atoms with Gasteiger partial charge in [0.2, 0.25) is 0 Å². The van der Waals surface area contributed by atoms with Crippen LogP contribution in [0, 0.1) is 5.92 Å². The number of rotatable bonds is 6. The molecule has 2 N–H and O–H groups in total. The minimum atomic E-state index is 0.181. The number of nitrogens with one attached hydrogen (secondary N) is 2. The first kappa shape index (κ1) is 27.4. The highest BCUT2D eigenvalue weighted by Gasteiger charge is 2.39. The lowest BCUT2D eigenvalue weighted by Crippen LogP contribution is -2.43. The monoisotopic (exact) mass is 461 g/mol. The van der Waals surface area contributed by atoms with Crippen molar-refractivity contribution in [3.05, 3.63) is 27.7 Å². The van der Waals surface area contributed by atoms with Crippen molar-refractivity contribution in [1.29, 1.82) is 0 Å². The summed E-state index contributed by atoms with van der Waals surface area (Å²) >= 11 is 1.91. The summed E-state index contributed by atoms with van der Waals surface area (Å²) in [5, 5.41) is 7.25. The molecule has 182 valence electrons. The van der Waals surface area contributed by atoms with Crippen LogP contribution >= 0.6 is 11.8 Å². The molecular weight excluding hydrogens is 414 g/mol. The number of hydrogen-bond acceptors (Lipinski definition) is 5. The Hall–Kier alpha value is -0.840. The Balaban J connectivity index is 0.000000277. The zero-order valence-corrected chi connectivity index (χ0v) is 21.9. The van der Waals surface area contributed by atoms with Crippen LogP contribution in [0.2, 0.25) is 0 Å². The van der Waals surface area contributed by atoms with Crippen molar-refractivity contribution < 1.29 is 4.74 Å². The van der Waals surface area contributed by atoms with Gasteiger partial charge in [0, 0.05) is 30.2 Å². The molecule has 0 aromatic carbocycles. The maximum absolute atomic E-state index is 5.21. The predicted octanol–water partition coefficient (Wildman–Crippen LogP) is 6.60. The number of ether oxygens (including phenoxy) is 1. The zero-order chi connectivity index (χ0) is 23.2. The number of thioether (sulfide) groups is 1. The van der Waals surface area contributed by atoms with Crippen molar-refractivity contribution in [1.82, 2.24) is 10.6 Å². The smallest absolute Gasteiger partial charge is 0.111 e. The molecule has 1 saturated carbocycles. The van der Waals surface area contributed by atoms with E-state index in [-0.39, 0.29) is 6.17 Å². The molecule has 2 aliphatic carbocycles. The molecule has 32 heavy (non-hydrogen) atoms. The number of nitrogens with zero attached hydrogens (tertiary/aromatic N) is 1. The van der Waals surface area contributed by atoms with Crippen molar-refractivity contribution in [3.63, 3.8) is 0 Å². The van der Waals surface area contributed by atoms with Gasteiger partial charge >= 0.3 is 0 Å². The summed E-state index contributed by atoms with van der Waals surface area (Å²) in [4.78, 5) is 7.65. The number of hydrogen-bond donors (Lipinski definition) is 2. The van der Waals surface area contributed by atoms with Crippen LogP contribution in [0.15, 0.2) is 32.7 Å². The molecule has 1 saturated heterocycles. The fourth-order valence-electron chi connectivity index (χ4n) is 5.11. The van der Waals surface area contributed by atoms with E-state index in [0.29, 0.717) is 12.0 Å². The highest BCUT2D eigenvalue weighted by Crippen LogP contribution is 2.53. The van der Waals surface area contributed by atoms with Crippen LogP contribution in [0.25, 0.3) is 0 Å². The third-order valence-electron chi connectivity index (χ3n) is 6.62. The first-order chi connectivity index (χ1) is 15.8. The Morgan fingerprint density at radius 2 is 1.81 bits per heavy atom. The van der Waals surface area contributed by atoms with Gasteiger partial charge in [0.15, 0.2) is 0 Å². The molecule has 4 aliphatic rings. The zero-order valence-electron chi connectivity index (χ0n) is 21.0. The molecule has 0 spiro atoms. The Morgan fingerprint density at radius 3 is 2.44 bits per heavy atom. The van der Waals surface area contributed by atoms with Gasteiger partial charge in [0.25, 0.3) is 0 Å². The molecule has 5 heteroatoms. The minimum absolute atomic E-state index is 0.181. The second-order valence-corrected chi connectivity index (χ2v) is 9.86. The lowest BCUT2D eigenvalue weighted by Gasteiger charge is -2.30. The van der Waals surface area contributed by atoms with Crippen LogP contribution in [-0.4, -0.2) is 44.2 Å². The second-order valence-electron chi connectivity index (χ2n) is 8.72. The maximum atomic E-state index is 5.21. The van der Waals surface area contributed by atoms with E-state index in [1.54, 1.807) is 10.5 Å². The van der Waals surface area contributed by atoms with Crippen molar-refractivity contribution in [2.75, 3.05) is 19.8 Å². The molecule has 2 unspecified atom stereocenters. The largest absolute Gasteiger partial charge is 0.381 e. The van der Waals surface area contributed by atoms with Gasteiger partial charge in [0.05, 0.1) is 5.92 Å². The van der Waals surface area contributed by atoms with Crippen LogP contribution in [0.3, 0.4) is 0 Å². The van der Waals surface area contributed by atoms with Crippen molar-refractivity contribution in [2.24, 2.45) is 10.9 Å². The average Bonchev–Trinajstić information content (AvgIpc) is 3.43. The molecule has 2 aliphatic heterocycles. The first-order valence-electron chi connectivity index (χ1n) is 13.1. The van der Waals surface area contributed by atoms with E-state index in [1.165, 1.54) is 69.1 Å². The van der Waals surface area contributed by atoms with Gasteiger partial charge < -0.3 is 10.1 Å². The van der Waals surface area contributed by atoms with Crippen LogP contribution in [-0.2, 0) is 4.74 Å². The topological polar surface area (TPSA) is 45.7 Å². The van der Waals surface area contributed by atoms with E-state index in [1.807, 2.05) is 38.7 Å². The van der Waals surface area contributed by atoms with Crippen molar-refractivity contribution in [2.45, 2.75) is 110 Å². The highest BCUT2D eigenvalue weighted by molar-refractivity contribution is 8.07. The molecule has 2 fully saturated rings. The van der Waals surface area contributed by atoms with Gasteiger partial charge in [-0.2, -0.15) is 0 Å². The summed E-state index contributed by atoms with van der Waals surface area (Å²) in [6.45, 7) is 15.1. The Labute approximate surface area is 201 Å². The van der Waals surface area contributed by atoms with Gasteiger partial charge in [-0.25, -0.2) is 0 Å². The molecule has 0 radical (unpaired) electrons. The molecule has 0 aromatic heterocycles. The van der Waals surface area contributed by atoms with E-state index in [2.05, 4.69) is 29.9 Å². The van der Waals surface area contributed by atoms with Crippen molar-refractivity contribution in [3.8, 4) is 0 Å². The normalized spacial score (nSPS) is 25.0. The van der Waals surface area contributed by atoms with Crippen LogP contribution in [0.5, 0.6) is 0 Å². The third-order valence-corrected chi connectivity index (χ3v) is 7.96. The summed E-state index contributed by atoms with van der Waals surface area (Å²) in [6, 6.07) is 1.36. The number of aliphatic imine (C=N–C) groups is 1. The minimum Gasteiger partial charge on any atom is -0.381 e. The molecule has 2 heterocycles. The predicted molar refractivity (Wildman–Crippen MR) is 141 cm³/mol. The summed E-state index contributed by atoms with van der Waals surface area (Å²) in [6.07, 6.45) is 15.0. The molecule has 0 aromatic rings. The van der Waals surface area contributed by atoms with Gasteiger partial charge in [-0.05, 0) is 75.1 Å². The SMILES string of the molecule is C=C=C1SC2=C(CCC2)C1C(/N=C\C)NC1CCCCC1.CC.CCNC1CCOCC1. The Bertz CT molecular complexity index is 639. The second kappa shape index (κ2) is 15.9. The fraction of sp³-hybridized carbons (Fsp3) is 0.778. The van der Waals surface area contributed by atoms with Gasteiger partial charge in [-0.15, -0.1) is 5.73 Å². The lowest BCUT2D eigenvalue weighted by atomic mass is 9.91. The van der Waals surface area contributed by atoms with Gasteiger partial charge in [-0.1, -0.05) is 58.4 Å². The maximum Gasteiger partial charge on any atom is 0.111 e. The molecule has 0 amide bonds. The molecule has 4 rings (SSSR count). The lowest BCUT2D eigenvalue weighted by molar-refractivity contribution is 0.0785. The highest BCUT2D eigenvalue weighted by atomic mass is 32.2. The molecule has 2 atom stereocenters. The van der Waals surface area contributed by atoms with Crippen LogP contribution in [0.4, 0.5) is 0 Å². The summed E-state index contributed by atoms with van der Waals surface area (Å²) in [5.74, 6) is 0.392. The van der Waals surface area contributed by atoms with Crippen LogP contribution in [0.1, 0.15) is 91.9 Å². The Morgan fingerprint density at radius 1 is 1.09 bits per heavy atom. The molecular formula is C27H47N3OS. The Kier molecular flexibility index (Phi) is 13.6. The van der Waals surface area contributed by atoms with Crippen molar-refractivity contribution >= 4 is 18.0 Å². The molecule has 4 nitrogen and oxygen atoms in total. The van der Waals surface area contributed by atoms with E-state index in [0.717, 1.165) is 25.8 Å². The standard InChI is InChI=1S/C18H26N2S.C7H15NO.C2H6/c1-3-15-17(14-11-8-12-16(14)21-15)18(19-4-2)20-13-9-6-5-7-10-13;1-2-8-7-3-5-9-6-4-7;1-2/h4,13,17-18,20H,1,5-12H2,2H3;7-8H,2-6H2,1H3;1-2H3/b19-4-;;. The summed E-state index contributed by atoms with van der Waals surface area (Å²) in [7, 11) is 0. The third kappa shape index (κ3) is 8.18. The first-order valence-corrected chi connectivity index (χ1v) is 13.9. The number of allylic oxidation sites excluding steroid dienone is 1. The van der Waals surface area contributed by atoms with Gasteiger partial charge in [-0.3, -0.25) is 10.3 Å². The van der Waals surface area contributed by atoms with E-state index in [9.17, 15) is 0 Å². The summed E-state index contributed by atoms with van der Waals surface area (Å²) in [5.41, 5.74) is 4.81. The van der Waals surface area contributed by atoms with Crippen LogP contribution < -0.4 is 10.6 Å². The van der Waals surface area contributed by atoms with E-state index >= 15 is 0 Å². The quantitative estimate of drug-likeness (QED) is 0.346. The van der Waals surface area contributed by atoms with Gasteiger partial charge in [0.1, 0.15) is 6.17 Å². The average molecular weight is 462 g/mol. The van der Waals surface area contributed by atoms with E-state index in [4.69, 9.17) is 9.73 Å². The molecule has 0 bridgehead atoms. The summed E-state index contributed by atoms with van der Waals surface area (Å²) < 4.78 is 5.21. The van der Waals surface area contributed by atoms with E-state index < -0.39 is 0 Å².